The molecule has 2 aliphatic rings. The molecule has 6 nitrogen and oxygen atoms in total. The molecule has 1 atom stereocenters. The second-order valence-electron chi connectivity index (χ2n) is 6.58. The monoisotopic (exact) mass is 302 g/mol. The molecule has 0 radical (unpaired) electrons. The van der Waals surface area contributed by atoms with E-state index in [0.717, 1.165) is 25.2 Å². The smallest absolute Gasteiger partial charge is 0.255 e. The van der Waals surface area contributed by atoms with Crippen LogP contribution in [0, 0.1) is 5.41 Å². The lowest BCUT2D eigenvalue weighted by molar-refractivity contribution is -0.119. The Bertz CT molecular complexity index is 584. The molecule has 2 amide bonds. The Morgan fingerprint density at radius 3 is 2.82 bits per heavy atom. The molecular formula is C16H22N4O2. The minimum Gasteiger partial charge on any atom is -0.363 e. The van der Waals surface area contributed by atoms with E-state index in [1.54, 1.807) is 6.20 Å². The van der Waals surface area contributed by atoms with Crippen molar-refractivity contribution in [3.05, 3.63) is 23.9 Å². The van der Waals surface area contributed by atoms with Gasteiger partial charge in [-0.15, -0.1) is 0 Å². The van der Waals surface area contributed by atoms with E-state index in [-0.39, 0.29) is 17.2 Å². The summed E-state index contributed by atoms with van der Waals surface area (Å²) >= 11 is 0. The topological polar surface area (TPSA) is 65.5 Å². The number of pyridine rings is 1. The van der Waals surface area contributed by atoms with E-state index < -0.39 is 0 Å². The van der Waals surface area contributed by atoms with Crippen LogP contribution in [0.3, 0.4) is 0 Å². The van der Waals surface area contributed by atoms with E-state index in [9.17, 15) is 9.59 Å². The van der Waals surface area contributed by atoms with Crippen LogP contribution in [0.5, 0.6) is 0 Å². The van der Waals surface area contributed by atoms with Crippen molar-refractivity contribution in [3.63, 3.8) is 0 Å². The maximum absolute atomic E-state index is 12.7. The number of hydrogen-bond acceptors (Lipinski definition) is 4. The number of nitrogens with one attached hydrogen (secondary N) is 1. The van der Waals surface area contributed by atoms with Gasteiger partial charge in [0.15, 0.2) is 0 Å². The van der Waals surface area contributed by atoms with Crippen LogP contribution in [0.25, 0.3) is 0 Å². The molecule has 0 aliphatic carbocycles. The van der Waals surface area contributed by atoms with E-state index >= 15 is 0 Å². The number of likely N-dealkylation sites (tertiary alicyclic amines) is 1. The third-order valence-corrected chi connectivity index (χ3v) is 4.60. The van der Waals surface area contributed by atoms with Gasteiger partial charge in [-0.3, -0.25) is 9.59 Å². The van der Waals surface area contributed by atoms with Crippen LogP contribution >= 0.6 is 0 Å². The van der Waals surface area contributed by atoms with E-state index in [1.807, 2.05) is 36.0 Å². The van der Waals surface area contributed by atoms with Gasteiger partial charge in [0, 0.05) is 51.8 Å². The van der Waals surface area contributed by atoms with Crippen LogP contribution in [0.2, 0.25) is 0 Å². The Morgan fingerprint density at radius 1 is 1.41 bits per heavy atom. The number of carbonyl (C=O) groups excluding carboxylic acids is 2. The molecule has 1 spiro atoms. The summed E-state index contributed by atoms with van der Waals surface area (Å²) < 4.78 is 0. The third-order valence-electron chi connectivity index (χ3n) is 4.60. The third kappa shape index (κ3) is 2.77. The van der Waals surface area contributed by atoms with E-state index in [2.05, 4.69) is 10.3 Å². The van der Waals surface area contributed by atoms with Crippen molar-refractivity contribution in [2.45, 2.75) is 19.3 Å². The maximum atomic E-state index is 12.7. The molecule has 0 aromatic carbocycles. The lowest BCUT2D eigenvalue weighted by Crippen LogP contribution is -2.47. The molecule has 6 heteroatoms. The number of amides is 2. The fraction of sp³-hybridized carbons (Fsp3) is 0.562. The number of nitrogens with zero attached hydrogens (tertiary/aromatic N) is 3. The molecule has 3 heterocycles. The molecule has 1 aromatic rings. The maximum Gasteiger partial charge on any atom is 0.255 e. The van der Waals surface area contributed by atoms with Gasteiger partial charge in [0.1, 0.15) is 5.82 Å². The minimum atomic E-state index is -0.0675. The molecule has 2 saturated heterocycles. The van der Waals surface area contributed by atoms with Crippen molar-refractivity contribution < 1.29 is 9.59 Å². The first-order valence-corrected chi connectivity index (χ1v) is 7.68. The van der Waals surface area contributed by atoms with Gasteiger partial charge < -0.3 is 15.1 Å². The zero-order valence-electron chi connectivity index (χ0n) is 13.1. The van der Waals surface area contributed by atoms with Crippen LogP contribution < -0.4 is 10.2 Å². The standard InChI is InChI=1S/C16H22N4O2/c1-19(2)13-5-4-12(9-17-13)15(22)20-7-3-6-16(11-20)8-14(21)18-10-16/h4-5,9H,3,6-8,10-11H2,1-2H3,(H,18,21). The van der Waals surface area contributed by atoms with E-state index in [0.29, 0.717) is 25.1 Å². The van der Waals surface area contributed by atoms with Gasteiger partial charge in [0.2, 0.25) is 5.91 Å². The molecule has 1 unspecified atom stereocenters. The average Bonchev–Trinajstić information content (AvgIpc) is 2.87. The van der Waals surface area contributed by atoms with Crippen LogP contribution in [0.1, 0.15) is 29.6 Å². The van der Waals surface area contributed by atoms with E-state index in [1.165, 1.54) is 0 Å². The molecule has 22 heavy (non-hydrogen) atoms. The van der Waals surface area contributed by atoms with Crippen molar-refractivity contribution in [2.24, 2.45) is 5.41 Å². The van der Waals surface area contributed by atoms with Gasteiger partial charge in [-0.25, -0.2) is 4.98 Å². The zero-order valence-corrected chi connectivity index (χ0v) is 13.1. The summed E-state index contributed by atoms with van der Waals surface area (Å²) in [6.45, 7) is 2.09. The van der Waals surface area contributed by atoms with Gasteiger partial charge in [-0.2, -0.15) is 0 Å². The van der Waals surface area contributed by atoms with Gasteiger partial charge >= 0.3 is 0 Å². The number of aromatic nitrogens is 1. The predicted octanol–water partition coefficient (Wildman–Crippen LogP) is 0.890. The van der Waals surface area contributed by atoms with Crippen molar-refractivity contribution >= 4 is 17.6 Å². The summed E-state index contributed by atoms with van der Waals surface area (Å²) in [4.78, 5) is 32.3. The highest BCUT2D eigenvalue weighted by molar-refractivity contribution is 5.94. The highest BCUT2D eigenvalue weighted by Gasteiger charge is 2.42. The summed E-state index contributed by atoms with van der Waals surface area (Å²) in [6.07, 6.45) is 4.13. The predicted molar refractivity (Wildman–Crippen MR) is 83.8 cm³/mol. The average molecular weight is 302 g/mol. The Kier molecular flexibility index (Phi) is 3.76. The minimum absolute atomic E-state index is 0.0104. The fourth-order valence-electron chi connectivity index (χ4n) is 3.38. The van der Waals surface area contributed by atoms with Gasteiger partial charge in [-0.05, 0) is 25.0 Å². The molecule has 1 aromatic heterocycles. The second kappa shape index (κ2) is 5.59. The summed E-state index contributed by atoms with van der Waals surface area (Å²) in [5, 5.41) is 2.90. The summed E-state index contributed by atoms with van der Waals surface area (Å²) in [5.74, 6) is 0.944. The molecular weight excluding hydrogens is 280 g/mol. The number of rotatable bonds is 2. The highest BCUT2D eigenvalue weighted by atomic mass is 16.2. The molecule has 1 N–H and O–H groups in total. The van der Waals surface area contributed by atoms with Crippen LogP contribution in [0.4, 0.5) is 5.82 Å². The Hall–Kier alpha value is -2.11. The normalized spacial score (nSPS) is 24.5. The number of hydrogen-bond donors (Lipinski definition) is 1. The molecule has 2 aliphatic heterocycles. The highest BCUT2D eigenvalue weighted by Crippen LogP contribution is 2.36. The zero-order chi connectivity index (χ0) is 15.7. The number of piperidine rings is 1. The molecule has 3 rings (SSSR count). The SMILES string of the molecule is CN(C)c1ccc(C(=O)N2CCCC3(CNC(=O)C3)C2)cn1. The van der Waals surface area contributed by atoms with Crippen LogP contribution in [0.15, 0.2) is 18.3 Å². The summed E-state index contributed by atoms with van der Waals surface area (Å²) in [7, 11) is 3.84. The summed E-state index contributed by atoms with van der Waals surface area (Å²) in [6, 6.07) is 3.68. The molecule has 0 bridgehead atoms. The van der Waals surface area contributed by atoms with Gasteiger partial charge in [-0.1, -0.05) is 0 Å². The van der Waals surface area contributed by atoms with E-state index in [4.69, 9.17) is 0 Å². The first kappa shape index (κ1) is 14.8. The lowest BCUT2D eigenvalue weighted by atomic mass is 9.79. The van der Waals surface area contributed by atoms with Crippen molar-refractivity contribution in [2.75, 3.05) is 38.6 Å². The number of anilines is 1. The van der Waals surface area contributed by atoms with Crippen molar-refractivity contribution in [1.82, 2.24) is 15.2 Å². The van der Waals surface area contributed by atoms with Gasteiger partial charge in [0.25, 0.3) is 5.91 Å². The Morgan fingerprint density at radius 2 is 2.23 bits per heavy atom. The Balaban J connectivity index is 1.73. The van der Waals surface area contributed by atoms with Crippen LogP contribution in [-0.2, 0) is 4.79 Å². The lowest BCUT2D eigenvalue weighted by Gasteiger charge is -2.39. The van der Waals surface area contributed by atoms with Crippen molar-refractivity contribution in [3.8, 4) is 0 Å². The fourth-order valence-corrected chi connectivity index (χ4v) is 3.38. The van der Waals surface area contributed by atoms with Gasteiger partial charge in [0.05, 0.1) is 5.56 Å². The first-order chi connectivity index (χ1) is 10.5. The second-order valence-corrected chi connectivity index (χ2v) is 6.58. The molecule has 2 fully saturated rings. The number of carbonyl (C=O) groups is 2. The van der Waals surface area contributed by atoms with Crippen LogP contribution in [-0.4, -0.2) is 55.4 Å². The van der Waals surface area contributed by atoms with Crippen molar-refractivity contribution in [1.29, 1.82) is 0 Å². The largest absolute Gasteiger partial charge is 0.363 e. The first-order valence-electron chi connectivity index (χ1n) is 7.68. The molecule has 118 valence electrons. The molecule has 0 saturated carbocycles. The Labute approximate surface area is 130 Å². The summed E-state index contributed by atoms with van der Waals surface area (Å²) in [5.41, 5.74) is 0.544. The quantitative estimate of drug-likeness (QED) is 0.881.